The number of hydrogen-bond donors (Lipinski definition) is 2. The molecule has 0 fully saturated rings. The van der Waals surface area contributed by atoms with Crippen LogP contribution in [0.15, 0.2) is 23.0 Å². The highest BCUT2D eigenvalue weighted by Crippen LogP contribution is 2.11. The molecule has 2 aromatic rings. The van der Waals surface area contributed by atoms with Gasteiger partial charge in [-0.15, -0.1) is 0 Å². The fraction of sp³-hybridized carbons (Fsp3) is 0.182. The Morgan fingerprint density at radius 1 is 1.53 bits per heavy atom. The number of fused-ring (bicyclic) bond motifs is 1. The van der Waals surface area contributed by atoms with Crippen molar-refractivity contribution in [3.63, 3.8) is 0 Å². The second-order valence-corrected chi connectivity index (χ2v) is 3.43. The van der Waals surface area contributed by atoms with Gasteiger partial charge in [-0.05, 0) is 25.1 Å². The summed E-state index contributed by atoms with van der Waals surface area (Å²) in [5.41, 5.74) is 5.87. The van der Waals surface area contributed by atoms with E-state index in [1.807, 2.05) is 0 Å². The van der Waals surface area contributed by atoms with Crippen LogP contribution >= 0.6 is 0 Å². The Morgan fingerprint density at radius 3 is 3.00 bits per heavy atom. The number of nitrogen functional groups attached to an aromatic ring is 1. The number of nitrogens with one attached hydrogen (secondary N) is 1. The SMILES string of the molecule is CCOC(=O)c1n[nH]c2cc(N)ccc2c1=O. The largest absolute Gasteiger partial charge is 0.461 e. The van der Waals surface area contributed by atoms with Crippen molar-refractivity contribution in [2.24, 2.45) is 0 Å². The van der Waals surface area contributed by atoms with E-state index in [9.17, 15) is 9.59 Å². The Labute approximate surface area is 96.4 Å². The Balaban J connectivity index is 2.62. The summed E-state index contributed by atoms with van der Waals surface area (Å²) in [6.45, 7) is 1.85. The normalized spacial score (nSPS) is 10.4. The predicted molar refractivity (Wildman–Crippen MR) is 62.7 cm³/mol. The zero-order chi connectivity index (χ0) is 12.4. The first-order chi connectivity index (χ1) is 8.13. The third kappa shape index (κ3) is 1.96. The molecule has 0 amide bonds. The maximum absolute atomic E-state index is 11.9. The van der Waals surface area contributed by atoms with Crippen LogP contribution in [-0.4, -0.2) is 22.8 Å². The summed E-state index contributed by atoms with van der Waals surface area (Å²) < 4.78 is 4.74. The number of carbonyl (C=O) groups excluding carboxylic acids is 1. The van der Waals surface area contributed by atoms with Crippen molar-refractivity contribution < 1.29 is 9.53 Å². The molecular formula is C11H11N3O3. The van der Waals surface area contributed by atoms with Crippen molar-refractivity contribution in [2.45, 2.75) is 6.92 Å². The number of aromatic amines is 1. The van der Waals surface area contributed by atoms with Crippen LogP contribution in [-0.2, 0) is 4.74 Å². The quantitative estimate of drug-likeness (QED) is 0.587. The summed E-state index contributed by atoms with van der Waals surface area (Å²) in [5.74, 6) is -0.729. The number of benzene rings is 1. The third-order valence-corrected chi connectivity index (χ3v) is 2.26. The molecule has 17 heavy (non-hydrogen) atoms. The fourth-order valence-electron chi connectivity index (χ4n) is 1.48. The Morgan fingerprint density at radius 2 is 2.29 bits per heavy atom. The number of carbonyl (C=O) groups is 1. The van der Waals surface area contributed by atoms with Crippen LogP contribution in [0.4, 0.5) is 5.69 Å². The molecule has 0 aliphatic rings. The lowest BCUT2D eigenvalue weighted by Gasteiger charge is -2.02. The number of rotatable bonds is 2. The Kier molecular flexibility index (Phi) is 2.78. The van der Waals surface area contributed by atoms with Gasteiger partial charge in [-0.3, -0.25) is 9.89 Å². The molecule has 3 N–H and O–H groups in total. The van der Waals surface area contributed by atoms with E-state index < -0.39 is 11.4 Å². The lowest BCUT2D eigenvalue weighted by molar-refractivity contribution is 0.0517. The van der Waals surface area contributed by atoms with E-state index in [0.717, 1.165) is 0 Å². The van der Waals surface area contributed by atoms with E-state index in [0.29, 0.717) is 16.6 Å². The minimum Gasteiger partial charge on any atom is -0.461 e. The van der Waals surface area contributed by atoms with Crippen LogP contribution in [0.3, 0.4) is 0 Å². The van der Waals surface area contributed by atoms with Gasteiger partial charge in [-0.1, -0.05) is 0 Å². The number of nitrogens with two attached hydrogens (primary N) is 1. The van der Waals surface area contributed by atoms with Crippen LogP contribution in [0.1, 0.15) is 17.4 Å². The molecule has 1 aromatic carbocycles. The number of H-pyrrole nitrogens is 1. The monoisotopic (exact) mass is 233 g/mol. The second kappa shape index (κ2) is 4.25. The molecule has 0 spiro atoms. The van der Waals surface area contributed by atoms with Gasteiger partial charge in [0.1, 0.15) is 0 Å². The summed E-state index contributed by atoms with van der Waals surface area (Å²) in [4.78, 5) is 23.4. The van der Waals surface area contributed by atoms with E-state index in [2.05, 4.69) is 10.2 Å². The van der Waals surface area contributed by atoms with Crippen LogP contribution in [0, 0.1) is 0 Å². The van der Waals surface area contributed by atoms with Gasteiger partial charge in [0, 0.05) is 11.1 Å². The topological polar surface area (TPSA) is 98.1 Å². The van der Waals surface area contributed by atoms with Crippen LogP contribution in [0.25, 0.3) is 10.9 Å². The van der Waals surface area contributed by atoms with Crippen LogP contribution in [0.2, 0.25) is 0 Å². The van der Waals surface area contributed by atoms with Crippen molar-refractivity contribution in [2.75, 3.05) is 12.3 Å². The van der Waals surface area contributed by atoms with Gasteiger partial charge in [0.05, 0.1) is 12.1 Å². The van der Waals surface area contributed by atoms with E-state index in [4.69, 9.17) is 10.5 Å². The summed E-state index contributed by atoms with van der Waals surface area (Å²) in [7, 11) is 0. The molecule has 2 rings (SSSR count). The zero-order valence-electron chi connectivity index (χ0n) is 9.19. The van der Waals surface area contributed by atoms with Crippen molar-refractivity contribution in [1.82, 2.24) is 10.2 Å². The van der Waals surface area contributed by atoms with E-state index in [1.165, 1.54) is 0 Å². The molecular weight excluding hydrogens is 222 g/mol. The molecule has 88 valence electrons. The van der Waals surface area contributed by atoms with Gasteiger partial charge in [-0.2, -0.15) is 5.10 Å². The first kappa shape index (κ1) is 11.1. The number of esters is 1. The molecule has 0 saturated carbocycles. The summed E-state index contributed by atoms with van der Waals surface area (Å²) >= 11 is 0. The average Bonchev–Trinajstić information content (AvgIpc) is 2.29. The second-order valence-electron chi connectivity index (χ2n) is 3.43. The highest BCUT2D eigenvalue weighted by molar-refractivity contribution is 5.92. The minimum atomic E-state index is -0.729. The van der Waals surface area contributed by atoms with Crippen molar-refractivity contribution in [3.8, 4) is 0 Å². The van der Waals surface area contributed by atoms with Crippen molar-refractivity contribution in [3.05, 3.63) is 34.1 Å². The molecule has 6 heteroatoms. The molecule has 6 nitrogen and oxygen atoms in total. The number of ether oxygens (including phenoxy) is 1. The van der Waals surface area contributed by atoms with Crippen LogP contribution in [0.5, 0.6) is 0 Å². The average molecular weight is 233 g/mol. The number of hydrogen-bond acceptors (Lipinski definition) is 5. The van der Waals surface area contributed by atoms with Gasteiger partial charge >= 0.3 is 5.97 Å². The first-order valence-electron chi connectivity index (χ1n) is 5.08. The Bertz CT molecular complexity index is 633. The lowest BCUT2D eigenvalue weighted by atomic mass is 10.2. The maximum atomic E-state index is 11.9. The smallest absolute Gasteiger partial charge is 0.362 e. The molecule has 1 aromatic heterocycles. The molecule has 0 aliphatic carbocycles. The third-order valence-electron chi connectivity index (χ3n) is 2.26. The highest BCUT2D eigenvalue weighted by atomic mass is 16.5. The molecule has 1 heterocycles. The van der Waals surface area contributed by atoms with E-state index in [1.54, 1.807) is 25.1 Å². The number of nitrogens with zero attached hydrogens (tertiary/aromatic N) is 1. The first-order valence-corrected chi connectivity index (χ1v) is 5.08. The number of anilines is 1. The minimum absolute atomic E-state index is 0.194. The standard InChI is InChI=1S/C11H11N3O3/c1-2-17-11(16)9-10(15)7-4-3-6(12)5-8(7)13-14-9/h3-5H,2,12H2,1H3,(H,13,15). The summed E-state index contributed by atoms with van der Waals surface area (Å²) in [5, 5.41) is 6.67. The summed E-state index contributed by atoms with van der Waals surface area (Å²) in [6.07, 6.45) is 0. The van der Waals surface area contributed by atoms with Gasteiger partial charge in [0.2, 0.25) is 11.1 Å². The van der Waals surface area contributed by atoms with E-state index >= 15 is 0 Å². The van der Waals surface area contributed by atoms with Crippen molar-refractivity contribution in [1.29, 1.82) is 0 Å². The molecule has 0 unspecified atom stereocenters. The van der Waals surface area contributed by atoms with Gasteiger partial charge < -0.3 is 10.5 Å². The van der Waals surface area contributed by atoms with Crippen LogP contribution < -0.4 is 11.2 Å². The lowest BCUT2D eigenvalue weighted by Crippen LogP contribution is -2.20. The molecule has 0 saturated heterocycles. The number of aromatic nitrogens is 2. The van der Waals surface area contributed by atoms with E-state index in [-0.39, 0.29) is 12.3 Å². The van der Waals surface area contributed by atoms with Gasteiger partial charge in [0.25, 0.3) is 0 Å². The van der Waals surface area contributed by atoms with Crippen molar-refractivity contribution >= 4 is 22.6 Å². The van der Waals surface area contributed by atoms with Gasteiger partial charge in [-0.25, -0.2) is 4.79 Å². The fourth-order valence-corrected chi connectivity index (χ4v) is 1.48. The molecule has 0 atom stereocenters. The molecule has 0 radical (unpaired) electrons. The highest BCUT2D eigenvalue weighted by Gasteiger charge is 2.15. The predicted octanol–water partition coefficient (Wildman–Crippen LogP) is 0.682. The summed E-state index contributed by atoms with van der Waals surface area (Å²) in [6, 6.07) is 4.72. The Hall–Kier alpha value is -2.37. The molecule has 0 bridgehead atoms. The van der Waals surface area contributed by atoms with Gasteiger partial charge in [0.15, 0.2) is 0 Å². The zero-order valence-corrected chi connectivity index (χ0v) is 9.19. The maximum Gasteiger partial charge on any atom is 0.362 e. The molecule has 0 aliphatic heterocycles.